The molecule has 0 saturated carbocycles. The summed E-state index contributed by atoms with van der Waals surface area (Å²) in [6.07, 6.45) is -2.39. The summed E-state index contributed by atoms with van der Waals surface area (Å²) in [7, 11) is 0. The topological polar surface area (TPSA) is 62.7 Å². The lowest BCUT2D eigenvalue weighted by atomic mass is 9.95. The lowest BCUT2D eigenvalue weighted by molar-refractivity contribution is -0.143. The highest BCUT2D eigenvalue weighted by Gasteiger charge is 2.32. The third-order valence-electron chi connectivity index (χ3n) is 4.93. The van der Waals surface area contributed by atoms with Gasteiger partial charge in [0.1, 0.15) is 0 Å². The smallest absolute Gasteiger partial charge is 0.378 e. The lowest BCUT2D eigenvalue weighted by Gasteiger charge is -2.35. The summed E-state index contributed by atoms with van der Waals surface area (Å²) in [5.41, 5.74) is -0.810. The van der Waals surface area contributed by atoms with Crippen molar-refractivity contribution in [2.45, 2.75) is 24.0 Å². The lowest BCUT2D eigenvalue weighted by Crippen LogP contribution is -2.47. The fraction of sp³-hybridized carbons (Fsp3) is 0.611. The molecule has 6 nitrogen and oxygen atoms in total. The van der Waals surface area contributed by atoms with E-state index < -0.39 is 11.7 Å². The van der Waals surface area contributed by atoms with Crippen molar-refractivity contribution in [2.75, 3.05) is 45.1 Å². The van der Waals surface area contributed by atoms with Gasteiger partial charge in [-0.1, -0.05) is 11.8 Å². The number of amides is 2. The van der Waals surface area contributed by atoms with E-state index in [1.54, 1.807) is 4.90 Å². The fourth-order valence-corrected chi connectivity index (χ4v) is 4.02. The number of morpholine rings is 1. The highest BCUT2D eigenvalue weighted by atomic mass is 32.2. The Labute approximate surface area is 165 Å². The first-order valence-corrected chi connectivity index (χ1v) is 10.1. The molecule has 2 fully saturated rings. The SMILES string of the molecule is O=C(CSc1ccc(C(F)(F)F)cn1)N1CCC(C(=O)N2CCOCC2)CC1. The summed E-state index contributed by atoms with van der Waals surface area (Å²) >= 11 is 1.11. The molecule has 10 heteroatoms. The first kappa shape index (κ1) is 20.9. The number of pyridine rings is 1. The van der Waals surface area contributed by atoms with Crippen LogP contribution in [0.5, 0.6) is 0 Å². The first-order chi connectivity index (χ1) is 13.3. The van der Waals surface area contributed by atoms with E-state index >= 15 is 0 Å². The maximum atomic E-state index is 12.5. The molecule has 2 amide bonds. The largest absolute Gasteiger partial charge is 0.417 e. The monoisotopic (exact) mass is 417 g/mol. The molecule has 0 aliphatic carbocycles. The highest BCUT2D eigenvalue weighted by molar-refractivity contribution is 7.99. The van der Waals surface area contributed by atoms with Gasteiger partial charge in [-0.15, -0.1) is 0 Å². The molecule has 3 rings (SSSR count). The molecular formula is C18H22F3N3O3S. The van der Waals surface area contributed by atoms with Crippen LogP contribution in [0, 0.1) is 5.92 Å². The van der Waals surface area contributed by atoms with Gasteiger partial charge in [0.05, 0.1) is 29.6 Å². The zero-order chi connectivity index (χ0) is 20.1. The molecule has 154 valence electrons. The van der Waals surface area contributed by atoms with Gasteiger partial charge in [-0.2, -0.15) is 13.2 Å². The number of carbonyl (C=O) groups excluding carboxylic acids is 2. The summed E-state index contributed by atoms with van der Waals surface area (Å²) in [5, 5.41) is 0.374. The molecule has 2 saturated heterocycles. The van der Waals surface area contributed by atoms with Gasteiger partial charge in [-0.05, 0) is 25.0 Å². The van der Waals surface area contributed by atoms with Crippen molar-refractivity contribution in [3.05, 3.63) is 23.9 Å². The van der Waals surface area contributed by atoms with E-state index in [-0.39, 0.29) is 23.5 Å². The molecule has 0 radical (unpaired) electrons. The molecule has 2 aliphatic rings. The molecule has 2 aliphatic heterocycles. The van der Waals surface area contributed by atoms with Gasteiger partial charge < -0.3 is 14.5 Å². The van der Waals surface area contributed by atoms with Crippen LogP contribution in [-0.4, -0.2) is 71.7 Å². The van der Waals surface area contributed by atoms with Crippen molar-refractivity contribution >= 4 is 23.6 Å². The van der Waals surface area contributed by atoms with Crippen LogP contribution in [0.3, 0.4) is 0 Å². The van der Waals surface area contributed by atoms with Gasteiger partial charge in [-0.3, -0.25) is 9.59 Å². The summed E-state index contributed by atoms with van der Waals surface area (Å²) in [6.45, 7) is 3.40. The molecule has 28 heavy (non-hydrogen) atoms. The standard InChI is InChI=1S/C18H22F3N3O3S/c19-18(20,21)14-1-2-15(22-11-14)28-12-16(25)23-5-3-13(4-6-23)17(26)24-7-9-27-10-8-24/h1-2,11,13H,3-10,12H2. The number of nitrogens with zero attached hydrogens (tertiary/aromatic N) is 3. The minimum absolute atomic E-state index is 0.0635. The molecule has 1 aromatic rings. The first-order valence-electron chi connectivity index (χ1n) is 9.15. The number of halogens is 3. The van der Waals surface area contributed by atoms with E-state index in [1.165, 1.54) is 6.07 Å². The van der Waals surface area contributed by atoms with Gasteiger partial charge >= 0.3 is 6.18 Å². The summed E-state index contributed by atoms with van der Waals surface area (Å²) in [6, 6.07) is 2.23. The Morgan fingerprint density at radius 1 is 1.11 bits per heavy atom. The van der Waals surface area contributed by atoms with Crippen molar-refractivity contribution in [1.82, 2.24) is 14.8 Å². The van der Waals surface area contributed by atoms with Crippen molar-refractivity contribution in [3.63, 3.8) is 0 Å². The molecule has 0 unspecified atom stereocenters. The third kappa shape index (κ3) is 5.38. The molecule has 3 heterocycles. The van der Waals surface area contributed by atoms with Crippen molar-refractivity contribution < 1.29 is 27.5 Å². The van der Waals surface area contributed by atoms with E-state index in [4.69, 9.17) is 4.74 Å². The number of aromatic nitrogens is 1. The number of hydrogen-bond donors (Lipinski definition) is 0. The molecule has 0 N–H and O–H groups in total. The van der Waals surface area contributed by atoms with E-state index in [9.17, 15) is 22.8 Å². The van der Waals surface area contributed by atoms with Crippen LogP contribution < -0.4 is 0 Å². The van der Waals surface area contributed by atoms with Crippen molar-refractivity contribution in [3.8, 4) is 0 Å². The van der Waals surface area contributed by atoms with E-state index in [0.717, 1.165) is 24.0 Å². The number of alkyl halides is 3. The number of thioether (sulfide) groups is 1. The normalized spacial score (nSPS) is 19.0. The molecular weight excluding hydrogens is 395 g/mol. The summed E-state index contributed by atoms with van der Waals surface area (Å²) in [5.74, 6) is 0.0922. The van der Waals surface area contributed by atoms with E-state index in [2.05, 4.69) is 4.98 Å². The second-order valence-corrected chi connectivity index (χ2v) is 7.76. The molecule has 1 aromatic heterocycles. The van der Waals surface area contributed by atoms with Crippen LogP contribution >= 0.6 is 11.8 Å². The summed E-state index contributed by atoms with van der Waals surface area (Å²) in [4.78, 5) is 32.2. The Morgan fingerprint density at radius 3 is 2.36 bits per heavy atom. The number of likely N-dealkylation sites (tertiary alicyclic amines) is 1. The predicted molar refractivity (Wildman–Crippen MR) is 96.7 cm³/mol. The minimum atomic E-state index is -4.42. The Morgan fingerprint density at radius 2 is 1.79 bits per heavy atom. The maximum absolute atomic E-state index is 12.5. The van der Waals surface area contributed by atoms with Crippen LogP contribution in [0.25, 0.3) is 0 Å². The number of carbonyl (C=O) groups is 2. The fourth-order valence-electron chi connectivity index (χ4n) is 3.28. The Hall–Kier alpha value is -1.81. The second kappa shape index (κ2) is 9.13. The van der Waals surface area contributed by atoms with Crippen LogP contribution in [0.1, 0.15) is 18.4 Å². The zero-order valence-electron chi connectivity index (χ0n) is 15.3. The minimum Gasteiger partial charge on any atom is -0.378 e. The van der Waals surface area contributed by atoms with E-state index in [0.29, 0.717) is 57.3 Å². The Kier molecular flexibility index (Phi) is 6.82. The molecule has 0 aromatic carbocycles. The van der Waals surface area contributed by atoms with Crippen LogP contribution in [-0.2, 0) is 20.5 Å². The predicted octanol–water partition coefficient (Wildman–Crippen LogP) is 2.29. The Balaban J connectivity index is 1.43. The van der Waals surface area contributed by atoms with Gasteiger partial charge in [0.25, 0.3) is 0 Å². The van der Waals surface area contributed by atoms with E-state index in [1.807, 2.05) is 4.90 Å². The van der Waals surface area contributed by atoms with Gasteiger partial charge in [0.15, 0.2) is 0 Å². The van der Waals surface area contributed by atoms with Crippen molar-refractivity contribution in [1.29, 1.82) is 0 Å². The van der Waals surface area contributed by atoms with Crippen LogP contribution in [0.4, 0.5) is 13.2 Å². The highest BCUT2D eigenvalue weighted by Crippen LogP contribution is 2.29. The zero-order valence-corrected chi connectivity index (χ0v) is 16.1. The van der Waals surface area contributed by atoms with Gasteiger partial charge in [0, 0.05) is 38.3 Å². The molecule has 0 spiro atoms. The maximum Gasteiger partial charge on any atom is 0.417 e. The average Bonchev–Trinajstić information content (AvgIpc) is 2.72. The number of rotatable bonds is 4. The average molecular weight is 417 g/mol. The summed E-state index contributed by atoms with van der Waals surface area (Å²) < 4.78 is 42.9. The Bertz CT molecular complexity index is 686. The van der Waals surface area contributed by atoms with Gasteiger partial charge in [-0.25, -0.2) is 4.98 Å². The van der Waals surface area contributed by atoms with Crippen molar-refractivity contribution in [2.24, 2.45) is 5.92 Å². The molecule has 0 atom stereocenters. The number of ether oxygens (including phenoxy) is 1. The number of hydrogen-bond acceptors (Lipinski definition) is 5. The van der Waals surface area contributed by atoms with Crippen LogP contribution in [0.2, 0.25) is 0 Å². The quantitative estimate of drug-likeness (QED) is 0.704. The van der Waals surface area contributed by atoms with Gasteiger partial charge in [0.2, 0.25) is 11.8 Å². The number of piperidine rings is 1. The second-order valence-electron chi connectivity index (χ2n) is 6.76. The molecule has 0 bridgehead atoms. The third-order valence-corrected chi connectivity index (χ3v) is 5.86. The van der Waals surface area contributed by atoms with Crippen LogP contribution in [0.15, 0.2) is 23.4 Å².